The Hall–Kier alpha value is -3.54. The maximum atomic E-state index is 14.5. The highest BCUT2D eigenvalue weighted by Gasteiger charge is 2.21. The minimum absolute atomic E-state index is 0.138. The molecule has 0 bridgehead atoms. The minimum Gasteiger partial charge on any atom is -0.492 e. The first-order chi connectivity index (χ1) is 16.7. The number of aliphatic hydroxyl groups is 1. The molecule has 4 aromatic rings. The van der Waals surface area contributed by atoms with E-state index in [0.717, 1.165) is 28.7 Å². The van der Waals surface area contributed by atoms with E-state index >= 15 is 0 Å². The molecule has 0 aliphatic carbocycles. The number of aliphatic hydroxyl groups excluding tert-OH is 1. The van der Waals surface area contributed by atoms with Gasteiger partial charge in [0.1, 0.15) is 29.2 Å². The van der Waals surface area contributed by atoms with Gasteiger partial charge in [0.25, 0.3) is 10.0 Å². The number of aromatic nitrogens is 2. The van der Waals surface area contributed by atoms with Gasteiger partial charge in [-0.05, 0) is 48.9 Å². The molecule has 0 saturated heterocycles. The number of nitrogens with one attached hydrogen (secondary N) is 3. The molecule has 0 fully saturated rings. The summed E-state index contributed by atoms with van der Waals surface area (Å²) in [4.78, 5) is -0.487. The zero-order chi connectivity index (χ0) is 25.0. The van der Waals surface area contributed by atoms with Crippen LogP contribution in [0.15, 0.2) is 71.6 Å². The number of ether oxygens (including phenoxy) is 1. The van der Waals surface area contributed by atoms with Gasteiger partial charge in [-0.3, -0.25) is 15.1 Å². The molecular formula is C24H24F2N4O4S. The molecule has 8 nitrogen and oxygen atoms in total. The molecule has 11 heteroatoms. The lowest BCUT2D eigenvalue weighted by molar-refractivity contribution is 0.0547. The van der Waals surface area contributed by atoms with Crippen LogP contribution in [0.2, 0.25) is 0 Å². The third-order valence-electron chi connectivity index (χ3n) is 5.34. The first kappa shape index (κ1) is 24.6. The molecule has 0 amide bonds. The fraction of sp³-hybridized carbons (Fsp3) is 0.208. The molecule has 1 aromatic heterocycles. The molecule has 4 rings (SSSR count). The van der Waals surface area contributed by atoms with Gasteiger partial charge in [-0.25, -0.2) is 17.2 Å². The Balaban J connectivity index is 1.28. The van der Waals surface area contributed by atoms with Gasteiger partial charge < -0.3 is 9.84 Å². The van der Waals surface area contributed by atoms with Crippen molar-refractivity contribution in [3.63, 3.8) is 0 Å². The molecule has 3 aromatic carbocycles. The van der Waals surface area contributed by atoms with Crippen LogP contribution in [0.25, 0.3) is 10.9 Å². The van der Waals surface area contributed by atoms with Crippen LogP contribution < -0.4 is 14.8 Å². The van der Waals surface area contributed by atoms with Crippen LogP contribution in [0.5, 0.6) is 5.75 Å². The van der Waals surface area contributed by atoms with E-state index in [0.29, 0.717) is 5.75 Å². The lowest BCUT2D eigenvalue weighted by Crippen LogP contribution is -2.34. The third kappa shape index (κ3) is 5.76. The van der Waals surface area contributed by atoms with Crippen LogP contribution in [0, 0.1) is 12.7 Å². The van der Waals surface area contributed by atoms with Gasteiger partial charge in [0, 0.05) is 23.7 Å². The quantitative estimate of drug-likeness (QED) is 0.194. The fourth-order valence-electron chi connectivity index (χ4n) is 3.49. The molecule has 35 heavy (non-hydrogen) atoms. The number of aromatic amines is 1. The van der Waals surface area contributed by atoms with Crippen molar-refractivity contribution in [3.8, 4) is 5.75 Å². The Bertz CT molecular complexity index is 1410. The van der Waals surface area contributed by atoms with Crippen LogP contribution in [0.3, 0.4) is 0 Å². The minimum atomic E-state index is -4.14. The van der Waals surface area contributed by atoms with E-state index in [2.05, 4.69) is 20.2 Å². The summed E-state index contributed by atoms with van der Waals surface area (Å²) < 4.78 is 60.9. The van der Waals surface area contributed by atoms with Crippen LogP contribution in [-0.4, -0.2) is 43.2 Å². The van der Waals surface area contributed by atoms with Gasteiger partial charge >= 0.3 is 0 Å². The van der Waals surface area contributed by atoms with Crippen molar-refractivity contribution in [1.29, 1.82) is 0 Å². The summed E-state index contributed by atoms with van der Waals surface area (Å²) in [5.74, 6) is -0.272. The number of rotatable bonds is 10. The van der Waals surface area contributed by atoms with Crippen LogP contribution in [0.1, 0.15) is 17.4 Å². The number of hydrogen-bond donors (Lipinski definition) is 4. The smallest absolute Gasteiger partial charge is 0.264 e. The monoisotopic (exact) mass is 502 g/mol. The molecule has 0 spiro atoms. The second-order valence-electron chi connectivity index (χ2n) is 7.82. The SMILES string of the molecule is Cc1n[nH]c2cc(OCCNC(F)C(O)c3ccc(NS(=O)(=O)c4ccccc4F)cc3)ccc12. The van der Waals surface area contributed by atoms with E-state index < -0.39 is 33.1 Å². The Morgan fingerprint density at radius 2 is 1.86 bits per heavy atom. The van der Waals surface area contributed by atoms with Crippen molar-refractivity contribution in [3.05, 3.63) is 83.8 Å². The summed E-state index contributed by atoms with van der Waals surface area (Å²) in [6.07, 6.45) is -3.27. The number of benzene rings is 3. The Morgan fingerprint density at radius 1 is 1.11 bits per heavy atom. The maximum absolute atomic E-state index is 14.5. The summed E-state index contributed by atoms with van der Waals surface area (Å²) in [5, 5.41) is 20.9. The Kier molecular flexibility index (Phi) is 7.29. The highest BCUT2D eigenvalue weighted by molar-refractivity contribution is 7.92. The number of alkyl halides is 1. The van der Waals surface area contributed by atoms with Gasteiger partial charge in [0.15, 0.2) is 6.30 Å². The van der Waals surface area contributed by atoms with Crippen molar-refractivity contribution in [2.75, 3.05) is 17.9 Å². The van der Waals surface area contributed by atoms with E-state index in [-0.39, 0.29) is 24.4 Å². The zero-order valence-corrected chi connectivity index (χ0v) is 19.5. The third-order valence-corrected chi connectivity index (χ3v) is 6.76. The topological polar surface area (TPSA) is 116 Å². The average Bonchev–Trinajstić information content (AvgIpc) is 3.21. The van der Waals surface area contributed by atoms with E-state index in [1.165, 1.54) is 36.4 Å². The molecule has 2 atom stereocenters. The lowest BCUT2D eigenvalue weighted by atomic mass is 10.1. The van der Waals surface area contributed by atoms with Gasteiger partial charge in [-0.1, -0.05) is 24.3 Å². The molecule has 184 valence electrons. The van der Waals surface area contributed by atoms with Crippen molar-refractivity contribution in [2.24, 2.45) is 0 Å². The molecule has 4 N–H and O–H groups in total. The number of fused-ring (bicyclic) bond motifs is 1. The summed E-state index contributed by atoms with van der Waals surface area (Å²) >= 11 is 0. The van der Waals surface area contributed by atoms with Gasteiger partial charge in [0.2, 0.25) is 0 Å². The summed E-state index contributed by atoms with van der Waals surface area (Å²) in [6, 6.07) is 16.0. The zero-order valence-electron chi connectivity index (χ0n) is 18.7. The summed E-state index contributed by atoms with van der Waals surface area (Å²) in [5.41, 5.74) is 2.11. The van der Waals surface area contributed by atoms with Gasteiger partial charge in [0.05, 0.1) is 11.2 Å². The fourth-order valence-corrected chi connectivity index (χ4v) is 4.63. The number of sulfonamides is 1. The summed E-state index contributed by atoms with van der Waals surface area (Å²) in [7, 11) is -4.14. The van der Waals surface area contributed by atoms with Crippen LogP contribution in [-0.2, 0) is 10.0 Å². The van der Waals surface area contributed by atoms with Crippen molar-refractivity contribution >= 4 is 26.6 Å². The molecule has 0 aliphatic heterocycles. The van der Waals surface area contributed by atoms with Gasteiger partial charge in [-0.15, -0.1) is 0 Å². The first-order valence-electron chi connectivity index (χ1n) is 10.7. The van der Waals surface area contributed by atoms with E-state index in [9.17, 15) is 22.3 Å². The molecule has 0 aliphatic rings. The molecule has 2 unspecified atom stereocenters. The maximum Gasteiger partial charge on any atom is 0.264 e. The van der Waals surface area contributed by atoms with Crippen molar-refractivity contribution < 1.29 is 27.0 Å². The van der Waals surface area contributed by atoms with Crippen LogP contribution in [0.4, 0.5) is 14.5 Å². The van der Waals surface area contributed by atoms with Crippen LogP contribution >= 0.6 is 0 Å². The molecule has 0 saturated carbocycles. The highest BCUT2D eigenvalue weighted by Crippen LogP contribution is 2.23. The number of nitrogens with zero attached hydrogens (tertiary/aromatic N) is 1. The number of aryl methyl sites for hydroxylation is 1. The largest absolute Gasteiger partial charge is 0.492 e. The number of halogens is 2. The van der Waals surface area contributed by atoms with Crippen molar-refractivity contribution in [1.82, 2.24) is 15.5 Å². The van der Waals surface area contributed by atoms with E-state index in [4.69, 9.17) is 4.74 Å². The second-order valence-corrected chi connectivity index (χ2v) is 9.47. The van der Waals surface area contributed by atoms with E-state index in [1.54, 1.807) is 12.1 Å². The molecule has 1 heterocycles. The summed E-state index contributed by atoms with van der Waals surface area (Å²) in [6.45, 7) is 2.20. The first-order valence-corrected chi connectivity index (χ1v) is 12.2. The Labute approximate surface area is 201 Å². The van der Waals surface area contributed by atoms with E-state index in [1.807, 2.05) is 13.0 Å². The molecular weight excluding hydrogens is 478 g/mol. The second kappa shape index (κ2) is 10.4. The average molecular weight is 503 g/mol. The van der Waals surface area contributed by atoms with Gasteiger partial charge in [-0.2, -0.15) is 5.10 Å². The highest BCUT2D eigenvalue weighted by atomic mass is 32.2. The normalized spacial score (nSPS) is 13.5. The predicted molar refractivity (Wildman–Crippen MR) is 128 cm³/mol. The van der Waals surface area contributed by atoms with Crippen molar-refractivity contribution in [2.45, 2.75) is 24.2 Å². The number of H-pyrrole nitrogens is 1. The lowest BCUT2D eigenvalue weighted by Gasteiger charge is -2.18. The number of anilines is 1. The standard InChI is InChI=1S/C24H24F2N4O4S/c1-15-19-11-10-18(14-21(19)29-28-15)34-13-12-27-24(26)23(31)16-6-8-17(9-7-16)30-35(32,33)22-5-3-2-4-20(22)25/h2-11,14,23-24,27,30-31H,12-13H2,1H3,(H,28,29). The molecule has 0 radical (unpaired) electrons. The number of hydrogen-bond acceptors (Lipinski definition) is 6. The Morgan fingerprint density at radius 3 is 2.60 bits per heavy atom. The predicted octanol–water partition coefficient (Wildman–Crippen LogP) is 3.81.